The number of carbonyl (C=O) groups excluding carboxylic acids is 1. The fourth-order valence-electron chi connectivity index (χ4n) is 3.60. The Bertz CT molecular complexity index is 1030. The number of benzene rings is 2. The quantitative estimate of drug-likeness (QED) is 0.733. The Kier molecular flexibility index (Phi) is 4.65. The van der Waals surface area contributed by atoms with Crippen molar-refractivity contribution in [2.75, 3.05) is 13.2 Å². The summed E-state index contributed by atoms with van der Waals surface area (Å²) in [6, 6.07) is 15.6. The van der Waals surface area contributed by atoms with Gasteiger partial charge in [0.1, 0.15) is 17.9 Å². The van der Waals surface area contributed by atoms with Crippen LogP contribution >= 0.6 is 0 Å². The molecule has 144 valence electrons. The van der Waals surface area contributed by atoms with E-state index in [1.807, 2.05) is 62.4 Å². The molecule has 6 heteroatoms. The van der Waals surface area contributed by atoms with Crippen molar-refractivity contribution in [1.29, 1.82) is 0 Å². The monoisotopic (exact) mass is 377 g/mol. The Hall–Kier alpha value is -3.12. The molecule has 0 spiro atoms. The molecule has 4 rings (SSSR count). The second-order valence-corrected chi connectivity index (χ2v) is 7.36. The maximum Gasteiger partial charge on any atom is 0.255 e. The number of hydrogen-bond donors (Lipinski definition) is 2. The zero-order valence-corrected chi connectivity index (χ0v) is 16.0. The van der Waals surface area contributed by atoms with Crippen molar-refractivity contribution in [3.63, 3.8) is 0 Å². The summed E-state index contributed by atoms with van der Waals surface area (Å²) >= 11 is 0. The number of hydrogen-bond acceptors (Lipinski definition) is 4. The van der Waals surface area contributed by atoms with Gasteiger partial charge in [0.15, 0.2) is 0 Å². The summed E-state index contributed by atoms with van der Waals surface area (Å²) in [5, 5.41) is 17.4. The van der Waals surface area contributed by atoms with Gasteiger partial charge in [0.2, 0.25) is 0 Å². The molecule has 1 unspecified atom stereocenters. The number of nitrogens with zero attached hydrogens (tertiary/aromatic N) is 2. The van der Waals surface area contributed by atoms with Gasteiger partial charge in [0.05, 0.1) is 29.7 Å². The highest BCUT2D eigenvalue weighted by Crippen LogP contribution is 2.29. The van der Waals surface area contributed by atoms with Crippen molar-refractivity contribution in [2.24, 2.45) is 0 Å². The summed E-state index contributed by atoms with van der Waals surface area (Å²) < 4.78 is 7.54. The second-order valence-electron chi connectivity index (χ2n) is 7.36. The second kappa shape index (κ2) is 7.13. The molecule has 3 aromatic rings. The Labute approximate surface area is 163 Å². The molecule has 1 aliphatic rings. The lowest BCUT2D eigenvalue weighted by Gasteiger charge is -2.37. The fraction of sp³-hybridized carbons (Fsp3) is 0.273. The Morgan fingerprint density at radius 3 is 2.86 bits per heavy atom. The maximum absolute atomic E-state index is 13.0. The first-order chi connectivity index (χ1) is 13.5. The van der Waals surface area contributed by atoms with Crippen molar-refractivity contribution in [1.82, 2.24) is 15.1 Å². The molecule has 2 heterocycles. The van der Waals surface area contributed by atoms with Crippen LogP contribution in [0.15, 0.2) is 54.7 Å². The average molecular weight is 377 g/mol. The molecule has 0 aliphatic carbocycles. The molecule has 1 aliphatic heterocycles. The van der Waals surface area contributed by atoms with E-state index in [0.29, 0.717) is 12.0 Å². The summed E-state index contributed by atoms with van der Waals surface area (Å²) in [7, 11) is 0. The van der Waals surface area contributed by atoms with Crippen LogP contribution in [0.5, 0.6) is 5.75 Å². The number of para-hydroxylation sites is 1. The third-order valence-electron chi connectivity index (χ3n) is 5.19. The Morgan fingerprint density at radius 2 is 2.07 bits per heavy atom. The maximum atomic E-state index is 13.0. The molecule has 0 fully saturated rings. The van der Waals surface area contributed by atoms with Crippen LogP contribution in [0.25, 0.3) is 5.69 Å². The van der Waals surface area contributed by atoms with Gasteiger partial charge in [-0.05, 0) is 43.2 Å². The summed E-state index contributed by atoms with van der Waals surface area (Å²) in [5.74, 6) is 0.526. The van der Waals surface area contributed by atoms with Crippen LogP contribution in [0.2, 0.25) is 0 Å². The van der Waals surface area contributed by atoms with Gasteiger partial charge in [-0.3, -0.25) is 4.79 Å². The van der Waals surface area contributed by atoms with Crippen LogP contribution in [-0.4, -0.2) is 39.5 Å². The predicted molar refractivity (Wildman–Crippen MR) is 106 cm³/mol. The molecule has 0 saturated heterocycles. The van der Waals surface area contributed by atoms with E-state index in [0.717, 1.165) is 28.3 Å². The zero-order chi connectivity index (χ0) is 19.7. The van der Waals surface area contributed by atoms with Gasteiger partial charge in [-0.25, -0.2) is 4.68 Å². The van der Waals surface area contributed by atoms with Crippen LogP contribution in [0.4, 0.5) is 0 Å². The average Bonchev–Trinajstić information content (AvgIpc) is 3.09. The van der Waals surface area contributed by atoms with Crippen molar-refractivity contribution in [3.8, 4) is 11.4 Å². The van der Waals surface area contributed by atoms with E-state index in [4.69, 9.17) is 4.74 Å². The molecular weight excluding hydrogens is 354 g/mol. The molecular formula is C22H23N3O3. The summed E-state index contributed by atoms with van der Waals surface area (Å²) in [6.45, 7) is 3.89. The third-order valence-corrected chi connectivity index (χ3v) is 5.19. The molecule has 1 aromatic heterocycles. The largest absolute Gasteiger partial charge is 0.491 e. The van der Waals surface area contributed by atoms with E-state index >= 15 is 0 Å². The van der Waals surface area contributed by atoms with Crippen LogP contribution in [0.3, 0.4) is 0 Å². The molecule has 0 saturated carbocycles. The van der Waals surface area contributed by atoms with Crippen LogP contribution in [-0.2, 0) is 6.42 Å². The minimum absolute atomic E-state index is 0.210. The summed E-state index contributed by atoms with van der Waals surface area (Å²) in [5.41, 5.74) is 3.36. The Balaban J connectivity index is 1.59. The summed E-state index contributed by atoms with van der Waals surface area (Å²) in [4.78, 5) is 13.0. The molecule has 0 bridgehead atoms. The molecule has 28 heavy (non-hydrogen) atoms. The van der Waals surface area contributed by atoms with Gasteiger partial charge in [-0.15, -0.1) is 0 Å². The highest BCUT2D eigenvalue weighted by Gasteiger charge is 2.37. The standard InChI is InChI=1S/C22H23N3O3/c1-15-6-5-8-18(10-15)25-16(2)19(12-23-25)21(27)24-22(13-26)11-17-7-3-4-9-20(17)28-14-22/h3-10,12,26H,11,13-14H2,1-2H3,(H,24,27). The third kappa shape index (κ3) is 3.27. The number of ether oxygens (including phenoxy) is 1. The van der Waals surface area contributed by atoms with E-state index < -0.39 is 5.54 Å². The molecule has 1 atom stereocenters. The minimum Gasteiger partial charge on any atom is -0.491 e. The fourth-order valence-corrected chi connectivity index (χ4v) is 3.60. The number of aliphatic hydroxyl groups excluding tert-OH is 1. The lowest BCUT2D eigenvalue weighted by molar-refractivity contribution is 0.0653. The number of rotatable bonds is 4. The first-order valence-electron chi connectivity index (χ1n) is 9.27. The minimum atomic E-state index is -0.858. The zero-order valence-electron chi connectivity index (χ0n) is 16.0. The van der Waals surface area contributed by atoms with Crippen molar-refractivity contribution < 1.29 is 14.6 Å². The number of fused-ring (bicyclic) bond motifs is 1. The lowest BCUT2D eigenvalue weighted by atomic mass is 9.89. The summed E-state index contributed by atoms with van der Waals surface area (Å²) in [6.07, 6.45) is 2.08. The van der Waals surface area contributed by atoms with Gasteiger partial charge in [0, 0.05) is 6.42 Å². The number of amides is 1. The van der Waals surface area contributed by atoms with Gasteiger partial charge < -0.3 is 15.2 Å². The highest BCUT2D eigenvalue weighted by molar-refractivity contribution is 5.95. The van der Waals surface area contributed by atoms with E-state index in [1.165, 1.54) is 0 Å². The smallest absolute Gasteiger partial charge is 0.255 e. The van der Waals surface area contributed by atoms with E-state index in [1.54, 1.807) is 10.9 Å². The molecule has 6 nitrogen and oxygen atoms in total. The SMILES string of the molecule is Cc1cccc(-n2ncc(C(=O)NC3(CO)COc4ccccc4C3)c2C)c1. The van der Waals surface area contributed by atoms with E-state index in [9.17, 15) is 9.90 Å². The van der Waals surface area contributed by atoms with Crippen LogP contribution < -0.4 is 10.1 Å². The first-order valence-corrected chi connectivity index (χ1v) is 9.27. The van der Waals surface area contributed by atoms with Crippen LogP contribution in [0, 0.1) is 13.8 Å². The first kappa shape index (κ1) is 18.3. The molecule has 2 N–H and O–H groups in total. The van der Waals surface area contributed by atoms with E-state index in [2.05, 4.69) is 10.4 Å². The number of carbonyl (C=O) groups is 1. The number of aliphatic hydroxyl groups is 1. The Morgan fingerprint density at radius 1 is 1.25 bits per heavy atom. The van der Waals surface area contributed by atoms with Gasteiger partial charge in [-0.1, -0.05) is 30.3 Å². The van der Waals surface area contributed by atoms with Gasteiger partial charge in [-0.2, -0.15) is 5.10 Å². The van der Waals surface area contributed by atoms with Crippen molar-refractivity contribution >= 4 is 5.91 Å². The topological polar surface area (TPSA) is 76.4 Å². The van der Waals surface area contributed by atoms with Crippen molar-refractivity contribution in [2.45, 2.75) is 25.8 Å². The number of aryl methyl sites for hydroxylation is 1. The normalized spacial score (nSPS) is 18.2. The van der Waals surface area contributed by atoms with Crippen molar-refractivity contribution in [3.05, 3.63) is 77.1 Å². The molecule has 2 aromatic carbocycles. The van der Waals surface area contributed by atoms with Gasteiger partial charge >= 0.3 is 0 Å². The number of nitrogens with one attached hydrogen (secondary N) is 1. The van der Waals surface area contributed by atoms with E-state index in [-0.39, 0.29) is 19.1 Å². The van der Waals surface area contributed by atoms with Crippen LogP contribution in [0.1, 0.15) is 27.2 Å². The highest BCUT2D eigenvalue weighted by atomic mass is 16.5. The van der Waals surface area contributed by atoms with Gasteiger partial charge in [0.25, 0.3) is 5.91 Å². The predicted octanol–water partition coefficient (Wildman–Crippen LogP) is 2.59. The lowest BCUT2D eigenvalue weighted by Crippen LogP contribution is -2.58. The molecule has 1 amide bonds. The number of aromatic nitrogens is 2. The molecule has 0 radical (unpaired) electrons.